The van der Waals surface area contributed by atoms with Crippen LogP contribution in [0.15, 0.2) is 18.3 Å². The van der Waals surface area contributed by atoms with Crippen LogP contribution in [0.25, 0.3) is 5.65 Å². The first-order chi connectivity index (χ1) is 9.17. The predicted octanol–water partition coefficient (Wildman–Crippen LogP) is 3.62. The van der Waals surface area contributed by atoms with E-state index in [9.17, 15) is 0 Å². The molecule has 2 aromatic rings. The number of anilines is 1. The van der Waals surface area contributed by atoms with Crippen LogP contribution in [0.3, 0.4) is 0 Å². The van der Waals surface area contributed by atoms with Gasteiger partial charge in [-0.25, -0.2) is 4.52 Å². The summed E-state index contributed by atoms with van der Waals surface area (Å²) in [4.78, 5) is 4.48. The largest absolute Gasteiger partial charge is 0.350 e. The molecular formula is C14H19ClN4. The maximum atomic E-state index is 5.95. The standard InChI is InChI=1S/C14H19ClN4/c1-3-10-4-6-12(9(10)2)16-14-17-13-7-5-11(15)8-19(13)18-14/h5,7-10,12H,3-4,6H2,1-2H3,(H,16,18). The lowest BCUT2D eigenvalue weighted by Crippen LogP contribution is -2.25. The van der Waals surface area contributed by atoms with E-state index in [1.165, 1.54) is 19.3 Å². The highest BCUT2D eigenvalue weighted by Gasteiger charge is 2.32. The molecule has 1 saturated carbocycles. The van der Waals surface area contributed by atoms with Crippen LogP contribution in [0.1, 0.15) is 33.1 Å². The second-order valence-corrected chi connectivity index (χ2v) is 5.88. The molecule has 3 rings (SSSR count). The summed E-state index contributed by atoms with van der Waals surface area (Å²) in [6.07, 6.45) is 5.54. The molecule has 0 spiro atoms. The summed E-state index contributed by atoms with van der Waals surface area (Å²) in [5.74, 6) is 2.21. The van der Waals surface area contributed by atoms with Crippen molar-refractivity contribution >= 4 is 23.2 Å². The van der Waals surface area contributed by atoms with Gasteiger partial charge in [0, 0.05) is 12.2 Å². The van der Waals surface area contributed by atoms with Gasteiger partial charge in [0.05, 0.1) is 5.02 Å². The summed E-state index contributed by atoms with van der Waals surface area (Å²) in [6, 6.07) is 4.20. The van der Waals surface area contributed by atoms with Gasteiger partial charge in [0.25, 0.3) is 0 Å². The smallest absolute Gasteiger partial charge is 0.243 e. The molecule has 3 unspecified atom stereocenters. The first kappa shape index (κ1) is 12.7. The molecular weight excluding hydrogens is 260 g/mol. The van der Waals surface area contributed by atoms with Gasteiger partial charge in [-0.05, 0) is 36.8 Å². The van der Waals surface area contributed by atoms with E-state index in [-0.39, 0.29) is 0 Å². The van der Waals surface area contributed by atoms with Gasteiger partial charge in [-0.3, -0.25) is 0 Å². The summed E-state index contributed by atoms with van der Waals surface area (Å²) < 4.78 is 1.72. The summed E-state index contributed by atoms with van der Waals surface area (Å²) in [5, 5.41) is 8.58. The molecule has 2 aromatic heterocycles. The third-order valence-corrected chi connectivity index (χ3v) is 4.58. The molecule has 102 valence electrons. The Morgan fingerprint density at radius 1 is 1.42 bits per heavy atom. The topological polar surface area (TPSA) is 42.2 Å². The van der Waals surface area contributed by atoms with Crippen LogP contribution >= 0.6 is 11.6 Å². The van der Waals surface area contributed by atoms with E-state index in [0.717, 1.165) is 11.6 Å². The molecule has 0 radical (unpaired) electrons. The molecule has 3 atom stereocenters. The number of rotatable bonds is 3. The number of halogens is 1. The third-order valence-electron chi connectivity index (χ3n) is 4.36. The van der Waals surface area contributed by atoms with Crippen molar-refractivity contribution in [1.29, 1.82) is 0 Å². The van der Waals surface area contributed by atoms with Crippen molar-refractivity contribution in [2.75, 3.05) is 5.32 Å². The summed E-state index contributed by atoms with van der Waals surface area (Å²) in [5.41, 5.74) is 0.824. The van der Waals surface area contributed by atoms with Crippen molar-refractivity contribution in [2.24, 2.45) is 11.8 Å². The van der Waals surface area contributed by atoms with E-state index >= 15 is 0 Å². The van der Waals surface area contributed by atoms with Crippen molar-refractivity contribution in [2.45, 2.75) is 39.2 Å². The Morgan fingerprint density at radius 3 is 3.00 bits per heavy atom. The molecule has 5 heteroatoms. The van der Waals surface area contributed by atoms with Crippen LogP contribution in [0.4, 0.5) is 5.95 Å². The van der Waals surface area contributed by atoms with Gasteiger partial charge in [-0.2, -0.15) is 4.98 Å². The van der Waals surface area contributed by atoms with Crippen LogP contribution in [-0.2, 0) is 0 Å². The van der Waals surface area contributed by atoms with E-state index in [1.807, 2.05) is 12.1 Å². The van der Waals surface area contributed by atoms with Gasteiger partial charge in [-0.1, -0.05) is 31.9 Å². The van der Waals surface area contributed by atoms with Crippen molar-refractivity contribution < 1.29 is 0 Å². The molecule has 0 aliphatic heterocycles. The molecule has 0 saturated heterocycles. The molecule has 1 fully saturated rings. The lowest BCUT2D eigenvalue weighted by molar-refractivity contribution is 0.391. The van der Waals surface area contributed by atoms with E-state index < -0.39 is 0 Å². The molecule has 4 nitrogen and oxygen atoms in total. The van der Waals surface area contributed by atoms with Crippen molar-refractivity contribution in [3.05, 3.63) is 23.4 Å². The molecule has 0 aromatic carbocycles. The minimum atomic E-state index is 0.484. The molecule has 2 heterocycles. The van der Waals surface area contributed by atoms with Crippen LogP contribution in [-0.4, -0.2) is 20.6 Å². The highest BCUT2D eigenvalue weighted by Crippen LogP contribution is 2.35. The number of fused-ring (bicyclic) bond motifs is 1. The first-order valence-corrected chi connectivity index (χ1v) is 7.33. The molecule has 19 heavy (non-hydrogen) atoms. The van der Waals surface area contributed by atoms with Crippen LogP contribution in [0.2, 0.25) is 5.02 Å². The van der Waals surface area contributed by atoms with Gasteiger partial charge in [0.15, 0.2) is 5.65 Å². The van der Waals surface area contributed by atoms with E-state index in [1.54, 1.807) is 10.7 Å². The molecule has 1 N–H and O–H groups in total. The predicted molar refractivity (Wildman–Crippen MR) is 77.6 cm³/mol. The van der Waals surface area contributed by atoms with Crippen molar-refractivity contribution in [3.8, 4) is 0 Å². The lowest BCUT2D eigenvalue weighted by atomic mass is 9.94. The number of aromatic nitrogens is 3. The maximum absolute atomic E-state index is 5.95. The quantitative estimate of drug-likeness (QED) is 0.932. The highest BCUT2D eigenvalue weighted by atomic mass is 35.5. The first-order valence-electron chi connectivity index (χ1n) is 6.96. The number of pyridine rings is 1. The fourth-order valence-corrected chi connectivity index (χ4v) is 3.27. The minimum Gasteiger partial charge on any atom is -0.350 e. The molecule has 0 amide bonds. The summed E-state index contributed by atoms with van der Waals surface area (Å²) in [6.45, 7) is 4.60. The Hall–Kier alpha value is -1.29. The van der Waals surface area contributed by atoms with Gasteiger partial charge >= 0.3 is 0 Å². The Labute approximate surface area is 118 Å². The Morgan fingerprint density at radius 2 is 2.26 bits per heavy atom. The summed E-state index contributed by atoms with van der Waals surface area (Å²) in [7, 11) is 0. The van der Waals surface area contributed by atoms with Gasteiger partial charge < -0.3 is 5.32 Å². The van der Waals surface area contributed by atoms with E-state index in [4.69, 9.17) is 11.6 Å². The normalized spacial score (nSPS) is 27.0. The van der Waals surface area contributed by atoms with Crippen LogP contribution < -0.4 is 5.32 Å². The number of hydrogen-bond acceptors (Lipinski definition) is 3. The average Bonchev–Trinajstić information content (AvgIpc) is 2.93. The van der Waals surface area contributed by atoms with E-state index in [0.29, 0.717) is 22.9 Å². The zero-order valence-corrected chi connectivity index (χ0v) is 12.1. The fraction of sp³-hybridized carbons (Fsp3) is 0.571. The average molecular weight is 279 g/mol. The number of nitrogens with zero attached hydrogens (tertiary/aromatic N) is 3. The lowest BCUT2D eigenvalue weighted by Gasteiger charge is -2.19. The highest BCUT2D eigenvalue weighted by molar-refractivity contribution is 6.30. The minimum absolute atomic E-state index is 0.484. The van der Waals surface area contributed by atoms with Gasteiger partial charge in [-0.15, -0.1) is 5.10 Å². The van der Waals surface area contributed by atoms with Crippen LogP contribution in [0, 0.1) is 11.8 Å². The second kappa shape index (κ2) is 5.00. The Balaban J connectivity index is 1.78. The zero-order valence-electron chi connectivity index (χ0n) is 11.3. The third kappa shape index (κ3) is 2.41. The number of hydrogen-bond donors (Lipinski definition) is 1. The second-order valence-electron chi connectivity index (χ2n) is 5.44. The van der Waals surface area contributed by atoms with Gasteiger partial charge in [0.1, 0.15) is 0 Å². The van der Waals surface area contributed by atoms with Crippen molar-refractivity contribution in [1.82, 2.24) is 14.6 Å². The van der Waals surface area contributed by atoms with Gasteiger partial charge in [0.2, 0.25) is 5.95 Å². The molecule has 1 aliphatic rings. The number of nitrogens with one attached hydrogen (secondary N) is 1. The van der Waals surface area contributed by atoms with Crippen molar-refractivity contribution in [3.63, 3.8) is 0 Å². The SMILES string of the molecule is CCC1CCC(Nc2nc3ccc(Cl)cn3n2)C1C. The Bertz CT molecular complexity index is 580. The zero-order chi connectivity index (χ0) is 13.4. The molecule has 1 aliphatic carbocycles. The Kier molecular flexibility index (Phi) is 3.35. The monoisotopic (exact) mass is 278 g/mol. The molecule has 0 bridgehead atoms. The summed E-state index contributed by atoms with van der Waals surface area (Å²) >= 11 is 5.95. The van der Waals surface area contributed by atoms with E-state index in [2.05, 4.69) is 29.2 Å². The maximum Gasteiger partial charge on any atom is 0.243 e. The van der Waals surface area contributed by atoms with Crippen LogP contribution in [0.5, 0.6) is 0 Å². The fourth-order valence-electron chi connectivity index (χ4n) is 3.11.